The Kier molecular flexibility index (Phi) is 6.56. The Labute approximate surface area is 173 Å². The van der Waals surface area contributed by atoms with E-state index in [0.717, 1.165) is 27.8 Å². The van der Waals surface area contributed by atoms with Gasteiger partial charge in [0.15, 0.2) is 5.16 Å². The minimum atomic E-state index is -0.424. The third-order valence-corrected chi connectivity index (χ3v) is 4.93. The van der Waals surface area contributed by atoms with E-state index < -0.39 is 11.8 Å². The smallest absolute Gasteiger partial charge is 0.267 e. The lowest BCUT2D eigenvalue weighted by atomic mass is 10.1. The largest absolute Gasteiger partial charge is 0.271 e. The number of nitrogens with one attached hydrogen (secondary N) is 2. The van der Waals surface area contributed by atoms with Gasteiger partial charge in [0.25, 0.3) is 11.8 Å². The molecule has 2 amide bonds. The summed E-state index contributed by atoms with van der Waals surface area (Å²) in [6.07, 6.45) is 1.46. The second-order valence-electron chi connectivity index (χ2n) is 6.52. The van der Waals surface area contributed by atoms with E-state index in [0.29, 0.717) is 16.9 Å². The summed E-state index contributed by atoms with van der Waals surface area (Å²) < 4.78 is 0. The highest BCUT2D eigenvalue weighted by atomic mass is 32.2. The highest BCUT2D eigenvalue weighted by Crippen LogP contribution is 2.20. The van der Waals surface area contributed by atoms with Crippen molar-refractivity contribution in [2.45, 2.75) is 31.7 Å². The Morgan fingerprint density at radius 3 is 2.00 bits per heavy atom. The number of amides is 2. The van der Waals surface area contributed by atoms with Crippen LogP contribution in [0, 0.1) is 20.8 Å². The molecule has 0 radical (unpaired) electrons. The molecule has 0 fully saturated rings. The van der Waals surface area contributed by atoms with Gasteiger partial charge < -0.3 is 0 Å². The highest BCUT2D eigenvalue weighted by molar-refractivity contribution is 7.98. The molecule has 2 N–H and O–H groups in total. The molecule has 148 valence electrons. The van der Waals surface area contributed by atoms with Crippen molar-refractivity contribution in [3.05, 3.63) is 82.4 Å². The number of benzene rings is 1. The van der Waals surface area contributed by atoms with Crippen molar-refractivity contribution in [3.63, 3.8) is 0 Å². The average Bonchev–Trinajstić information content (AvgIpc) is 2.70. The van der Waals surface area contributed by atoms with Gasteiger partial charge in [-0.3, -0.25) is 25.4 Å². The Morgan fingerprint density at radius 1 is 0.828 bits per heavy atom. The summed E-state index contributed by atoms with van der Waals surface area (Å²) in [5.74, 6) is -0.121. The van der Waals surface area contributed by atoms with Crippen LogP contribution in [-0.2, 0) is 5.75 Å². The molecular formula is C21H21N5O2S. The Hall–Kier alpha value is -3.26. The van der Waals surface area contributed by atoms with E-state index >= 15 is 0 Å². The molecule has 7 nitrogen and oxygen atoms in total. The lowest BCUT2D eigenvalue weighted by Crippen LogP contribution is -2.41. The summed E-state index contributed by atoms with van der Waals surface area (Å²) in [7, 11) is 0. The molecule has 0 bridgehead atoms. The standard InChI is InChI=1S/C21H21N5O2S/c1-13-4-7-18(11-22-13)20(28)26-25-19(27)17-8-5-16(6-9-17)12-29-21-23-14(2)10-15(3)24-21/h4-11H,12H2,1-3H3,(H,25,27)(H,26,28). The lowest BCUT2D eigenvalue weighted by Gasteiger charge is -2.08. The second-order valence-corrected chi connectivity index (χ2v) is 7.46. The number of carbonyl (C=O) groups excluding carboxylic acids is 2. The van der Waals surface area contributed by atoms with Crippen molar-refractivity contribution in [1.82, 2.24) is 25.8 Å². The fourth-order valence-electron chi connectivity index (χ4n) is 2.52. The first-order valence-electron chi connectivity index (χ1n) is 8.98. The second kappa shape index (κ2) is 9.29. The van der Waals surface area contributed by atoms with E-state index in [9.17, 15) is 9.59 Å². The zero-order chi connectivity index (χ0) is 20.8. The fourth-order valence-corrected chi connectivity index (χ4v) is 3.42. The van der Waals surface area contributed by atoms with Crippen molar-refractivity contribution in [2.75, 3.05) is 0 Å². The van der Waals surface area contributed by atoms with E-state index in [-0.39, 0.29) is 0 Å². The van der Waals surface area contributed by atoms with Crippen molar-refractivity contribution < 1.29 is 9.59 Å². The van der Waals surface area contributed by atoms with Crippen LogP contribution in [0.3, 0.4) is 0 Å². The molecule has 0 saturated carbocycles. The first kappa shape index (κ1) is 20.5. The minimum absolute atomic E-state index is 0.372. The number of nitrogens with zero attached hydrogens (tertiary/aromatic N) is 3. The maximum atomic E-state index is 12.2. The SMILES string of the molecule is Cc1ccc(C(=O)NNC(=O)c2ccc(CSc3nc(C)cc(C)n3)cc2)cn1. The minimum Gasteiger partial charge on any atom is -0.267 e. The van der Waals surface area contributed by atoms with Gasteiger partial charge in [0, 0.05) is 34.6 Å². The van der Waals surface area contributed by atoms with Crippen LogP contribution in [0.1, 0.15) is 43.4 Å². The van der Waals surface area contributed by atoms with Gasteiger partial charge in [-0.05, 0) is 56.7 Å². The maximum absolute atomic E-state index is 12.2. The normalized spacial score (nSPS) is 10.4. The van der Waals surface area contributed by atoms with Crippen LogP contribution in [0.4, 0.5) is 0 Å². The number of hydrazine groups is 1. The van der Waals surface area contributed by atoms with Gasteiger partial charge in [0.1, 0.15) is 0 Å². The van der Waals surface area contributed by atoms with Crippen LogP contribution in [0.5, 0.6) is 0 Å². The monoisotopic (exact) mass is 407 g/mol. The molecule has 0 aliphatic carbocycles. The summed E-state index contributed by atoms with van der Waals surface area (Å²) in [5.41, 5.74) is 9.36. The summed E-state index contributed by atoms with van der Waals surface area (Å²) >= 11 is 1.54. The molecule has 0 unspecified atom stereocenters. The van der Waals surface area contributed by atoms with Gasteiger partial charge in [-0.15, -0.1) is 0 Å². The van der Waals surface area contributed by atoms with Gasteiger partial charge >= 0.3 is 0 Å². The van der Waals surface area contributed by atoms with Crippen molar-refractivity contribution in [1.29, 1.82) is 0 Å². The van der Waals surface area contributed by atoms with E-state index in [1.54, 1.807) is 36.0 Å². The summed E-state index contributed by atoms with van der Waals surface area (Å²) in [5, 5.41) is 0.734. The predicted octanol–water partition coefficient (Wildman–Crippen LogP) is 3.16. The number of hydrogen-bond acceptors (Lipinski definition) is 6. The topological polar surface area (TPSA) is 96.9 Å². The zero-order valence-corrected chi connectivity index (χ0v) is 17.2. The van der Waals surface area contributed by atoms with E-state index in [2.05, 4.69) is 25.8 Å². The number of thioether (sulfide) groups is 1. The van der Waals surface area contributed by atoms with Crippen LogP contribution < -0.4 is 10.9 Å². The molecule has 0 aliphatic heterocycles. The molecular weight excluding hydrogens is 386 g/mol. The van der Waals surface area contributed by atoms with Crippen molar-refractivity contribution in [3.8, 4) is 0 Å². The highest BCUT2D eigenvalue weighted by Gasteiger charge is 2.10. The Morgan fingerprint density at radius 2 is 1.41 bits per heavy atom. The van der Waals surface area contributed by atoms with E-state index in [1.807, 2.05) is 39.0 Å². The number of rotatable bonds is 5. The molecule has 0 saturated heterocycles. The molecule has 3 rings (SSSR count). The van der Waals surface area contributed by atoms with Crippen molar-refractivity contribution >= 4 is 23.6 Å². The van der Waals surface area contributed by atoms with Gasteiger partial charge in [-0.25, -0.2) is 9.97 Å². The molecule has 2 heterocycles. The quantitative estimate of drug-likeness (QED) is 0.383. The molecule has 2 aromatic heterocycles. The average molecular weight is 407 g/mol. The number of aromatic nitrogens is 3. The third-order valence-electron chi connectivity index (χ3n) is 4.01. The predicted molar refractivity (Wildman–Crippen MR) is 111 cm³/mol. The Balaban J connectivity index is 1.53. The molecule has 0 aliphatic rings. The van der Waals surface area contributed by atoms with Crippen LogP contribution >= 0.6 is 11.8 Å². The van der Waals surface area contributed by atoms with Crippen LogP contribution in [-0.4, -0.2) is 26.8 Å². The third kappa shape index (κ3) is 5.86. The van der Waals surface area contributed by atoms with Gasteiger partial charge in [0.05, 0.1) is 5.56 Å². The van der Waals surface area contributed by atoms with E-state index in [1.165, 1.54) is 6.20 Å². The molecule has 1 aromatic carbocycles. The van der Waals surface area contributed by atoms with Gasteiger partial charge in [-0.2, -0.15) is 0 Å². The van der Waals surface area contributed by atoms with Crippen LogP contribution in [0.2, 0.25) is 0 Å². The van der Waals surface area contributed by atoms with Crippen LogP contribution in [0.15, 0.2) is 53.8 Å². The Bertz CT molecular complexity index is 1000. The number of aryl methyl sites for hydroxylation is 3. The summed E-state index contributed by atoms with van der Waals surface area (Å²) in [6.45, 7) is 5.72. The number of pyridine rings is 1. The summed E-state index contributed by atoms with van der Waals surface area (Å²) in [4.78, 5) is 37.1. The first-order valence-corrected chi connectivity index (χ1v) is 9.96. The molecule has 0 atom stereocenters. The molecule has 0 spiro atoms. The summed E-state index contributed by atoms with van der Waals surface area (Å²) in [6, 6.07) is 12.5. The fraction of sp³-hybridized carbons (Fsp3) is 0.190. The van der Waals surface area contributed by atoms with E-state index in [4.69, 9.17) is 0 Å². The van der Waals surface area contributed by atoms with Crippen molar-refractivity contribution in [2.24, 2.45) is 0 Å². The maximum Gasteiger partial charge on any atom is 0.271 e. The first-order chi connectivity index (χ1) is 13.9. The van der Waals surface area contributed by atoms with Gasteiger partial charge in [-0.1, -0.05) is 23.9 Å². The molecule has 29 heavy (non-hydrogen) atoms. The van der Waals surface area contributed by atoms with Gasteiger partial charge in [0.2, 0.25) is 0 Å². The molecule has 8 heteroatoms. The zero-order valence-electron chi connectivity index (χ0n) is 16.4. The lowest BCUT2D eigenvalue weighted by molar-refractivity contribution is 0.0846. The number of hydrogen-bond donors (Lipinski definition) is 2. The van der Waals surface area contributed by atoms with Crippen LogP contribution in [0.25, 0.3) is 0 Å². The molecule has 3 aromatic rings. The number of carbonyl (C=O) groups is 2.